The van der Waals surface area contributed by atoms with Gasteiger partial charge in [0, 0.05) is 12.1 Å². The largest absolute Gasteiger partial charge is 0.508 e. The summed E-state index contributed by atoms with van der Waals surface area (Å²) in [5, 5.41) is 22.1. The van der Waals surface area contributed by atoms with Gasteiger partial charge in [0.2, 0.25) is 0 Å². The summed E-state index contributed by atoms with van der Waals surface area (Å²) in [5.74, 6) is -1.93. The minimum Gasteiger partial charge on any atom is -0.508 e. The molecular weight excluding hydrogens is 267 g/mol. The third-order valence-electron chi connectivity index (χ3n) is 2.55. The number of nitrogens with one attached hydrogen (secondary N) is 1. The van der Waals surface area contributed by atoms with Crippen LogP contribution in [0.15, 0.2) is 42.5 Å². The van der Waals surface area contributed by atoms with Crippen molar-refractivity contribution < 1.29 is 19.2 Å². The van der Waals surface area contributed by atoms with E-state index in [0.717, 1.165) is 12.1 Å². The fraction of sp³-hybridized carbons (Fsp3) is 0. The summed E-state index contributed by atoms with van der Waals surface area (Å²) >= 11 is 0. The quantitative estimate of drug-likeness (QED) is 0.512. The summed E-state index contributed by atoms with van der Waals surface area (Å²) in [5.41, 5.74) is -0.722. The lowest BCUT2D eigenvalue weighted by Crippen LogP contribution is -2.14. The van der Waals surface area contributed by atoms with Crippen molar-refractivity contribution in [1.82, 2.24) is 0 Å². The van der Waals surface area contributed by atoms with Crippen LogP contribution in [0.4, 0.5) is 15.8 Å². The molecule has 0 unspecified atom stereocenters. The van der Waals surface area contributed by atoms with E-state index in [1.165, 1.54) is 30.3 Å². The lowest BCUT2D eigenvalue weighted by Gasteiger charge is -2.07. The van der Waals surface area contributed by atoms with Crippen molar-refractivity contribution in [2.24, 2.45) is 0 Å². The minimum atomic E-state index is -0.836. The van der Waals surface area contributed by atoms with Crippen LogP contribution in [-0.4, -0.2) is 15.9 Å². The van der Waals surface area contributed by atoms with Crippen LogP contribution in [0.2, 0.25) is 0 Å². The molecule has 0 aliphatic carbocycles. The second kappa shape index (κ2) is 5.35. The number of nitro benzene ring substituents is 1. The molecule has 0 aromatic heterocycles. The zero-order chi connectivity index (χ0) is 14.7. The second-order valence-corrected chi connectivity index (χ2v) is 3.89. The number of phenolic OH excluding ortho intramolecular Hbond substituents is 1. The summed E-state index contributed by atoms with van der Waals surface area (Å²) in [6, 6.07) is 8.53. The molecule has 0 atom stereocenters. The van der Waals surface area contributed by atoms with Crippen LogP contribution in [0.5, 0.6) is 5.75 Å². The highest BCUT2D eigenvalue weighted by Crippen LogP contribution is 2.22. The molecule has 0 heterocycles. The van der Waals surface area contributed by atoms with Gasteiger partial charge >= 0.3 is 0 Å². The summed E-state index contributed by atoms with van der Waals surface area (Å²) in [6.07, 6.45) is 0. The average molecular weight is 276 g/mol. The van der Waals surface area contributed by atoms with Gasteiger partial charge in [0.05, 0.1) is 10.6 Å². The van der Waals surface area contributed by atoms with Gasteiger partial charge in [-0.05, 0) is 18.2 Å². The standard InChI is InChI=1S/C13H9FN2O4/c14-10-7-8(17)5-6-11(10)15-13(18)9-3-1-2-4-12(9)16(19)20/h1-7,17H,(H,15,18). The van der Waals surface area contributed by atoms with Crippen molar-refractivity contribution in [1.29, 1.82) is 0 Å². The minimum absolute atomic E-state index is 0.175. The molecular formula is C13H9FN2O4. The highest BCUT2D eigenvalue weighted by atomic mass is 19.1. The fourth-order valence-corrected chi connectivity index (χ4v) is 1.62. The molecule has 20 heavy (non-hydrogen) atoms. The van der Waals surface area contributed by atoms with E-state index in [1.807, 2.05) is 0 Å². The smallest absolute Gasteiger partial charge is 0.282 e. The number of hydrogen-bond donors (Lipinski definition) is 2. The molecule has 0 radical (unpaired) electrons. The van der Waals surface area contributed by atoms with Gasteiger partial charge in [0.15, 0.2) is 0 Å². The monoisotopic (exact) mass is 276 g/mol. The summed E-state index contributed by atoms with van der Waals surface area (Å²) in [4.78, 5) is 22.0. The van der Waals surface area contributed by atoms with Crippen LogP contribution in [0.3, 0.4) is 0 Å². The maximum atomic E-state index is 13.5. The topological polar surface area (TPSA) is 92.5 Å². The zero-order valence-corrected chi connectivity index (χ0v) is 10.0. The van der Waals surface area contributed by atoms with E-state index in [0.29, 0.717) is 0 Å². The maximum Gasteiger partial charge on any atom is 0.282 e. The van der Waals surface area contributed by atoms with Crippen molar-refractivity contribution in [2.75, 3.05) is 5.32 Å². The van der Waals surface area contributed by atoms with E-state index < -0.39 is 16.6 Å². The van der Waals surface area contributed by atoms with Gasteiger partial charge in [0.1, 0.15) is 17.1 Å². The van der Waals surface area contributed by atoms with Crippen LogP contribution >= 0.6 is 0 Å². The molecule has 0 bridgehead atoms. The summed E-state index contributed by atoms with van der Waals surface area (Å²) in [7, 11) is 0. The van der Waals surface area contributed by atoms with E-state index in [9.17, 15) is 19.3 Å². The Hall–Kier alpha value is -2.96. The Morgan fingerprint density at radius 2 is 1.95 bits per heavy atom. The van der Waals surface area contributed by atoms with E-state index >= 15 is 0 Å². The van der Waals surface area contributed by atoms with Gasteiger partial charge in [0.25, 0.3) is 11.6 Å². The third kappa shape index (κ3) is 2.72. The van der Waals surface area contributed by atoms with E-state index in [-0.39, 0.29) is 22.7 Å². The molecule has 2 rings (SSSR count). The van der Waals surface area contributed by atoms with Gasteiger partial charge in [-0.2, -0.15) is 0 Å². The van der Waals surface area contributed by atoms with E-state index in [4.69, 9.17) is 5.11 Å². The van der Waals surface area contributed by atoms with Gasteiger partial charge in [-0.3, -0.25) is 14.9 Å². The second-order valence-electron chi connectivity index (χ2n) is 3.89. The number of rotatable bonds is 3. The molecule has 0 saturated heterocycles. The van der Waals surface area contributed by atoms with Crippen molar-refractivity contribution in [3.05, 3.63) is 64.0 Å². The third-order valence-corrected chi connectivity index (χ3v) is 2.55. The van der Waals surface area contributed by atoms with Gasteiger partial charge < -0.3 is 10.4 Å². The summed E-state index contributed by atoms with van der Waals surface area (Å²) in [6.45, 7) is 0. The van der Waals surface area contributed by atoms with Crippen molar-refractivity contribution >= 4 is 17.3 Å². The molecule has 2 aromatic rings. The Labute approximate surface area is 112 Å². The molecule has 7 heteroatoms. The van der Waals surface area contributed by atoms with Crippen LogP contribution < -0.4 is 5.32 Å². The van der Waals surface area contributed by atoms with Gasteiger partial charge in [-0.15, -0.1) is 0 Å². The normalized spacial score (nSPS) is 10.1. The number of anilines is 1. The Balaban J connectivity index is 2.31. The Morgan fingerprint density at radius 3 is 2.60 bits per heavy atom. The number of carbonyl (C=O) groups is 1. The maximum absolute atomic E-state index is 13.5. The molecule has 0 aliphatic rings. The molecule has 0 fully saturated rings. The Bertz CT molecular complexity index is 688. The molecule has 0 spiro atoms. The number of amides is 1. The first-order valence-corrected chi connectivity index (χ1v) is 5.52. The SMILES string of the molecule is O=C(Nc1ccc(O)cc1F)c1ccccc1[N+](=O)[O-]. The van der Waals surface area contributed by atoms with E-state index in [2.05, 4.69) is 5.32 Å². The highest BCUT2D eigenvalue weighted by Gasteiger charge is 2.20. The average Bonchev–Trinajstić information content (AvgIpc) is 2.41. The predicted molar refractivity (Wildman–Crippen MR) is 69.1 cm³/mol. The Kier molecular flexibility index (Phi) is 3.60. The Morgan fingerprint density at radius 1 is 1.25 bits per heavy atom. The number of phenols is 1. The van der Waals surface area contributed by atoms with Crippen molar-refractivity contribution in [3.63, 3.8) is 0 Å². The molecule has 0 aliphatic heterocycles. The number of benzene rings is 2. The number of hydrogen-bond acceptors (Lipinski definition) is 4. The summed E-state index contributed by atoms with van der Waals surface area (Å²) < 4.78 is 13.5. The van der Waals surface area contributed by atoms with Gasteiger partial charge in [-0.25, -0.2) is 4.39 Å². The number of nitro groups is 1. The predicted octanol–water partition coefficient (Wildman–Crippen LogP) is 2.69. The van der Waals surface area contributed by atoms with Crippen LogP contribution in [0.25, 0.3) is 0 Å². The highest BCUT2D eigenvalue weighted by molar-refractivity contribution is 6.07. The van der Waals surface area contributed by atoms with Crippen LogP contribution in [0, 0.1) is 15.9 Å². The van der Waals surface area contributed by atoms with E-state index in [1.54, 1.807) is 0 Å². The zero-order valence-electron chi connectivity index (χ0n) is 10.0. The molecule has 1 amide bonds. The number of nitrogens with zero attached hydrogens (tertiary/aromatic N) is 1. The number of carbonyl (C=O) groups excluding carboxylic acids is 1. The first-order valence-electron chi connectivity index (χ1n) is 5.52. The fourth-order valence-electron chi connectivity index (χ4n) is 1.62. The molecule has 0 saturated carbocycles. The van der Waals surface area contributed by atoms with Crippen molar-refractivity contribution in [2.45, 2.75) is 0 Å². The lowest BCUT2D eigenvalue weighted by molar-refractivity contribution is -0.385. The van der Waals surface area contributed by atoms with Crippen molar-refractivity contribution in [3.8, 4) is 5.75 Å². The molecule has 2 aromatic carbocycles. The molecule has 6 nitrogen and oxygen atoms in total. The molecule has 2 N–H and O–H groups in total. The van der Waals surface area contributed by atoms with Crippen LogP contribution in [0.1, 0.15) is 10.4 Å². The number of para-hydroxylation sites is 1. The first-order chi connectivity index (χ1) is 9.49. The molecule has 102 valence electrons. The lowest BCUT2D eigenvalue weighted by atomic mass is 10.1. The first kappa shape index (κ1) is 13.5. The van der Waals surface area contributed by atoms with Crippen LogP contribution in [-0.2, 0) is 0 Å². The number of halogens is 1. The number of aromatic hydroxyl groups is 1. The van der Waals surface area contributed by atoms with Gasteiger partial charge in [-0.1, -0.05) is 12.1 Å².